The lowest BCUT2D eigenvalue weighted by Crippen LogP contribution is -2.43. The number of fused-ring (bicyclic) bond motifs is 1. The lowest BCUT2D eigenvalue weighted by atomic mass is 10.1. The lowest BCUT2D eigenvalue weighted by molar-refractivity contribution is -0.135. The van der Waals surface area contributed by atoms with Gasteiger partial charge in [-0.1, -0.05) is 35.5 Å². The van der Waals surface area contributed by atoms with Crippen molar-refractivity contribution in [3.63, 3.8) is 0 Å². The van der Waals surface area contributed by atoms with Crippen LogP contribution in [0.25, 0.3) is 22.6 Å². The number of hydrogen-bond donors (Lipinski definition) is 1. The number of carbonyl (C=O) groups is 2. The second-order valence-electron chi connectivity index (χ2n) is 6.88. The lowest BCUT2D eigenvalue weighted by Gasteiger charge is -2.20. The van der Waals surface area contributed by atoms with Crippen molar-refractivity contribution in [2.45, 2.75) is 25.3 Å². The van der Waals surface area contributed by atoms with Crippen LogP contribution >= 0.6 is 0 Å². The third-order valence-corrected chi connectivity index (χ3v) is 4.87. The SMILES string of the molecule is O=C1CCC(n2c(=O)oc3ccc(Cc4nc(-c5ccccc5)no4)nc32)C(=O)N1. The predicted octanol–water partition coefficient (Wildman–Crippen LogP) is 1.61. The van der Waals surface area contributed by atoms with Gasteiger partial charge in [-0.2, -0.15) is 4.98 Å². The minimum Gasteiger partial charge on any atom is -0.406 e. The number of nitrogens with zero attached hydrogens (tertiary/aromatic N) is 4. The van der Waals surface area contributed by atoms with Gasteiger partial charge in [-0.05, 0) is 18.6 Å². The monoisotopic (exact) mass is 405 g/mol. The molecule has 0 bridgehead atoms. The standard InChI is InChI=1S/C20H15N5O5/c26-15-9-7-13(19(27)22-15)25-18-14(29-20(25)28)8-6-12(21-18)10-16-23-17(24-30-16)11-4-2-1-3-5-11/h1-6,8,13H,7,9-10H2,(H,22,26,27). The van der Waals surface area contributed by atoms with Crippen LogP contribution in [-0.2, 0) is 16.0 Å². The van der Waals surface area contributed by atoms with Gasteiger partial charge < -0.3 is 8.94 Å². The molecule has 4 aromatic rings. The summed E-state index contributed by atoms with van der Waals surface area (Å²) in [5.41, 5.74) is 1.88. The molecule has 1 N–H and O–H groups in total. The summed E-state index contributed by atoms with van der Waals surface area (Å²) in [4.78, 5) is 44.8. The maximum Gasteiger partial charge on any atom is 0.421 e. The smallest absolute Gasteiger partial charge is 0.406 e. The quantitative estimate of drug-likeness (QED) is 0.506. The van der Waals surface area contributed by atoms with Crippen LogP contribution in [0, 0.1) is 0 Å². The van der Waals surface area contributed by atoms with Gasteiger partial charge in [-0.15, -0.1) is 0 Å². The van der Waals surface area contributed by atoms with E-state index >= 15 is 0 Å². The number of imide groups is 1. The summed E-state index contributed by atoms with van der Waals surface area (Å²) < 4.78 is 11.7. The average Bonchev–Trinajstić information content (AvgIpc) is 3.33. The first kappa shape index (κ1) is 18.0. The van der Waals surface area contributed by atoms with E-state index in [1.807, 2.05) is 30.3 Å². The maximum atomic E-state index is 12.3. The molecule has 1 fully saturated rings. The molecule has 1 unspecified atom stereocenters. The first-order chi connectivity index (χ1) is 14.6. The van der Waals surface area contributed by atoms with E-state index in [4.69, 9.17) is 8.94 Å². The number of amides is 2. The molecule has 0 saturated carbocycles. The zero-order chi connectivity index (χ0) is 20.7. The third-order valence-electron chi connectivity index (χ3n) is 4.87. The number of pyridine rings is 1. The Morgan fingerprint density at radius 2 is 1.90 bits per heavy atom. The normalized spacial score (nSPS) is 16.7. The molecule has 0 spiro atoms. The van der Waals surface area contributed by atoms with E-state index in [9.17, 15) is 14.4 Å². The van der Waals surface area contributed by atoms with Gasteiger partial charge in [0.1, 0.15) is 6.04 Å². The molecule has 10 nitrogen and oxygen atoms in total. The van der Waals surface area contributed by atoms with Gasteiger partial charge in [-0.25, -0.2) is 14.3 Å². The molecule has 150 valence electrons. The van der Waals surface area contributed by atoms with E-state index in [0.29, 0.717) is 17.4 Å². The molecular weight excluding hydrogens is 390 g/mol. The Bertz CT molecular complexity index is 1320. The summed E-state index contributed by atoms with van der Waals surface area (Å²) in [5.74, 6) is -0.785. The van der Waals surface area contributed by atoms with Gasteiger partial charge >= 0.3 is 5.76 Å². The van der Waals surface area contributed by atoms with E-state index in [2.05, 4.69) is 20.4 Å². The second-order valence-corrected chi connectivity index (χ2v) is 6.88. The molecule has 1 aliphatic heterocycles. The zero-order valence-corrected chi connectivity index (χ0v) is 15.6. The average molecular weight is 405 g/mol. The Balaban J connectivity index is 1.47. The van der Waals surface area contributed by atoms with Crippen molar-refractivity contribution < 1.29 is 18.5 Å². The fraction of sp³-hybridized carbons (Fsp3) is 0.200. The molecule has 5 rings (SSSR count). The first-order valence-corrected chi connectivity index (χ1v) is 9.31. The Labute approximate surface area is 168 Å². The van der Waals surface area contributed by atoms with Gasteiger partial charge in [-0.3, -0.25) is 14.9 Å². The maximum absolute atomic E-state index is 12.3. The summed E-state index contributed by atoms with van der Waals surface area (Å²) in [6.45, 7) is 0. The van der Waals surface area contributed by atoms with E-state index in [1.54, 1.807) is 12.1 Å². The number of aromatic nitrogens is 4. The minimum atomic E-state index is -0.854. The highest BCUT2D eigenvalue weighted by molar-refractivity contribution is 5.99. The molecule has 10 heteroatoms. The molecule has 1 saturated heterocycles. The summed E-state index contributed by atoms with van der Waals surface area (Å²) in [6, 6.07) is 11.9. The van der Waals surface area contributed by atoms with Gasteiger partial charge in [0.05, 0.1) is 12.1 Å². The fourth-order valence-electron chi connectivity index (χ4n) is 3.44. The van der Waals surface area contributed by atoms with Crippen molar-refractivity contribution in [1.29, 1.82) is 0 Å². The van der Waals surface area contributed by atoms with Crippen LogP contribution < -0.4 is 11.1 Å². The molecule has 2 amide bonds. The minimum absolute atomic E-state index is 0.138. The zero-order valence-electron chi connectivity index (χ0n) is 15.6. The number of oxazole rings is 1. The highest BCUT2D eigenvalue weighted by Crippen LogP contribution is 2.23. The third kappa shape index (κ3) is 3.17. The van der Waals surface area contributed by atoms with Gasteiger partial charge in [0.15, 0.2) is 11.2 Å². The predicted molar refractivity (Wildman–Crippen MR) is 102 cm³/mol. The molecule has 0 radical (unpaired) electrons. The second kappa shape index (κ2) is 7.07. The number of benzene rings is 1. The van der Waals surface area contributed by atoms with Crippen LogP contribution in [0.5, 0.6) is 0 Å². The fourth-order valence-corrected chi connectivity index (χ4v) is 3.44. The highest BCUT2D eigenvalue weighted by Gasteiger charge is 2.31. The number of piperidine rings is 1. The highest BCUT2D eigenvalue weighted by atomic mass is 16.5. The van der Waals surface area contributed by atoms with E-state index < -0.39 is 17.7 Å². The Kier molecular flexibility index (Phi) is 4.24. The van der Waals surface area contributed by atoms with Crippen LogP contribution in [-0.4, -0.2) is 31.5 Å². The number of rotatable bonds is 4. The molecular formula is C20H15N5O5. The van der Waals surface area contributed by atoms with Crippen molar-refractivity contribution in [2.75, 3.05) is 0 Å². The summed E-state index contributed by atoms with van der Waals surface area (Å²) in [7, 11) is 0. The topological polar surface area (TPSA) is 133 Å². The molecule has 1 aromatic carbocycles. The summed E-state index contributed by atoms with van der Waals surface area (Å²) in [5, 5.41) is 6.23. The van der Waals surface area contributed by atoms with Crippen LogP contribution in [0.3, 0.4) is 0 Å². The van der Waals surface area contributed by atoms with Gasteiger partial charge in [0, 0.05) is 12.0 Å². The largest absolute Gasteiger partial charge is 0.421 e. The van der Waals surface area contributed by atoms with E-state index in [0.717, 1.165) is 5.56 Å². The molecule has 4 heterocycles. The van der Waals surface area contributed by atoms with E-state index in [-0.39, 0.29) is 36.4 Å². The van der Waals surface area contributed by atoms with Crippen LogP contribution in [0.4, 0.5) is 0 Å². The van der Waals surface area contributed by atoms with Crippen molar-refractivity contribution in [1.82, 2.24) is 25.0 Å². The molecule has 30 heavy (non-hydrogen) atoms. The number of carbonyl (C=O) groups excluding carboxylic acids is 2. The first-order valence-electron chi connectivity index (χ1n) is 9.31. The van der Waals surface area contributed by atoms with Crippen LogP contribution in [0.2, 0.25) is 0 Å². The summed E-state index contributed by atoms with van der Waals surface area (Å²) in [6.07, 6.45) is 0.583. The molecule has 1 aliphatic rings. The number of hydrogen-bond acceptors (Lipinski definition) is 8. The van der Waals surface area contributed by atoms with Crippen molar-refractivity contribution in [3.8, 4) is 11.4 Å². The van der Waals surface area contributed by atoms with Gasteiger partial charge in [0.25, 0.3) is 0 Å². The molecule has 3 aromatic heterocycles. The summed E-state index contributed by atoms with van der Waals surface area (Å²) >= 11 is 0. The number of nitrogens with one attached hydrogen (secondary N) is 1. The van der Waals surface area contributed by atoms with Crippen LogP contribution in [0.15, 0.2) is 56.2 Å². The van der Waals surface area contributed by atoms with Crippen molar-refractivity contribution >= 4 is 23.0 Å². The van der Waals surface area contributed by atoms with Crippen molar-refractivity contribution in [3.05, 3.63) is 64.6 Å². The van der Waals surface area contributed by atoms with E-state index in [1.165, 1.54) is 4.57 Å². The molecule has 1 atom stereocenters. The molecule has 0 aliphatic carbocycles. The Hall–Kier alpha value is -4.08. The Morgan fingerprint density at radius 3 is 2.70 bits per heavy atom. The van der Waals surface area contributed by atoms with Crippen molar-refractivity contribution in [2.24, 2.45) is 0 Å². The Morgan fingerprint density at radius 1 is 1.07 bits per heavy atom. The van der Waals surface area contributed by atoms with Gasteiger partial charge in [0.2, 0.25) is 23.5 Å². The van der Waals surface area contributed by atoms with Crippen LogP contribution in [0.1, 0.15) is 30.5 Å².